The van der Waals surface area contributed by atoms with Crippen molar-refractivity contribution in [3.05, 3.63) is 142 Å². The van der Waals surface area contributed by atoms with Gasteiger partial charge < -0.3 is 0 Å². The third-order valence-corrected chi connectivity index (χ3v) is 6.98. The van der Waals surface area contributed by atoms with Gasteiger partial charge in [0.25, 0.3) is 0 Å². The smallest absolute Gasteiger partial charge is 0.292 e. The number of rotatable bonds is 12. The number of carbonyl (C=O) groups is 6. The van der Waals surface area contributed by atoms with E-state index in [1.54, 1.807) is 83.1 Å². The molecule has 0 aliphatic rings. The van der Waals surface area contributed by atoms with Gasteiger partial charge in [0.1, 0.15) is 22.4 Å². The molecule has 320 valence electrons. The Labute approximate surface area is 349 Å². The molecule has 0 aliphatic carbocycles. The molecule has 0 saturated carbocycles. The van der Waals surface area contributed by atoms with Crippen molar-refractivity contribution in [3.63, 3.8) is 0 Å². The van der Waals surface area contributed by atoms with Gasteiger partial charge in [0.2, 0.25) is 0 Å². The van der Waals surface area contributed by atoms with E-state index >= 15 is 0 Å². The number of hydrogen-bond donors (Lipinski definition) is 0. The molecule has 4 aromatic rings. The molecule has 0 spiro atoms. The molecule has 0 radical (unpaired) electrons. The Hall–Kier alpha value is -6.06. The molecule has 0 bridgehead atoms. The van der Waals surface area contributed by atoms with E-state index in [1.807, 2.05) is 60.7 Å². The fourth-order valence-corrected chi connectivity index (χ4v) is 4.41. The number of hydrogen-bond acceptors (Lipinski definition) is 14. The molecule has 0 atom stereocenters. The van der Waals surface area contributed by atoms with Gasteiger partial charge in [-0.25, -0.2) is 19.2 Å². The molecule has 4 aromatic carbocycles. The summed E-state index contributed by atoms with van der Waals surface area (Å²) < 4.78 is 0. The molecule has 0 saturated heterocycles. The van der Waals surface area contributed by atoms with E-state index in [-0.39, 0.29) is 39.2 Å². The van der Waals surface area contributed by atoms with Gasteiger partial charge in [0, 0.05) is 22.3 Å². The van der Waals surface area contributed by atoms with Gasteiger partial charge in [-0.05, 0) is 107 Å². The van der Waals surface area contributed by atoms with E-state index in [9.17, 15) is 28.8 Å². The number of carbonyl (C=O) groups excluding carboxylic acids is 6. The van der Waals surface area contributed by atoms with Gasteiger partial charge in [-0.15, -0.1) is 0 Å². The van der Waals surface area contributed by atoms with Crippen LogP contribution in [0.3, 0.4) is 0 Å². The Morgan fingerprint density at radius 2 is 0.567 bits per heavy atom. The van der Waals surface area contributed by atoms with Gasteiger partial charge in [0.15, 0.2) is 11.6 Å². The zero-order valence-electron chi connectivity index (χ0n) is 36.0. The van der Waals surface area contributed by atoms with Crippen LogP contribution >= 0.6 is 0 Å². The third kappa shape index (κ3) is 15.9. The topological polar surface area (TPSA) is 176 Å². The average molecular weight is 829 g/mol. The maximum Gasteiger partial charge on any atom is 0.374 e. The second kappa shape index (κ2) is 20.3. The molecule has 0 aliphatic heterocycles. The first-order chi connectivity index (χ1) is 27.7. The highest BCUT2D eigenvalue weighted by molar-refractivity contribution is 6.13. The van der Waals surface area contributed by atoms with E-state index in [2.05, 4.69) is 0 Å². The first-order valence-electron chi connectivity index (χ1n) is 18.8. The van der Waals surface area contributed by atoms with Crippen LogP contribution < -0.4 is 0 Å². The summed E-state index contributed by atoms with van der Waals surface area (Å²) >= 11 is 0. The fraction of sp³-hybridized carbons (Fsp3) is 0.348. The summed E-state index contributed by atoms with van der Waals surface area (Å²) in [6.45, 7) is 19.7. The van der Waals surface area contributed by atoms with E-state index in [0.29, 0.717) is 0 Å². The lowest BCUT2D eigenvalue weighted by Gasteiger charge is -2.19. The molecule has 4 rings (SSSR count). The minimum Gasteiger partial charge on any atom is -0.292 e. The molecule has 60 heavy (non-hydrogen) atoms. The molecule has 0 heterocycles. The summed E-state index contributed by atoms with van der Waals surface area (Å²) in [4.78, 5) is 117. The molecule has 0 fully saturated rings. The van der Waals surface area contributed by atoms with Crippen molar-refractivity contribution in [2.45, 2.75) is 105 Å². The maximum absolute atomic E-state index is 13.7. The Morgan fingerprint density at radius 1 is 0.317 bits per heavy atom. The number of benzene rings is 4. The first-order valence-corrected chi connectivity index (χ1v) is 18.8. The van der Waals surface area contributed by atoms with Crippen molar-refractivity contribution in [3.8, 4) is 0 Å². The summed E-state index contributed by atoms with van der Waals surface area (Å²) in [6.07, 6.45) is 0. The Bertz CT molecular complexity index is 2000. The zero-order chi connectivity index (χ0) is 45.1. The minimum atomic E-state index is -1.09. The van der Waals surface area contributed by atoms with E-state index in [4.69, 9.17) is 39.1 Å². The lowest BCUT2D eigenvalue weighted by atomic mass is 9.95. The highest BCUT2D eigenvalue weighted by Gasteiger charge is 2.29. The van der Waals surface area contributed by atoms with Crippen LogP contribution in [0.4, 0.5) is 0 Å². The van der Waals surface area contributed by atoms with Crippen LogP contribution in [0, 0.1) is 0 Å². The van der Waals surface area contributed by atoms with Gasteiger partial charge >= 0.3 is 23.9 Å². The van der Waals surface area contributed by atoms with Crippen LogP contribution in [0.25, 0.3) is 0 Å². The van der Waals surface area contributed by atoms with E-state index < -0.39 is 52.1 Å². The van der Waals surface area contributed by atoms with Crippen LogP contribution in [0.2, 0.25) is 0 Å². The monoisotopic (exact) mass is 828 g/mol. The lowest BCUT2D eigenvalue weighted by Crippen LogP contribution is -2.25. The summed E-state index contributed by atoms with van der Waals surface area (Å²) in [7, 11) is 0. The van der Waals surface area contributed by atoms with E-state index in [1.165, 1.54) is 24.3 Å². The highest BCUT2D eigenvalue weighted by atomic mass is 17.2. The first kappa shape index (κ1) is 48.3. The summed E-state index contributed by atoms with van der Waals surface area (Å²) in [5, 5.41) is 0. The summed E-state index contributed by atoms with van der Waals surface area (Å²) in [5.41, 5.74) is -3.47. The van der Waals surface area contributed by atoms with Crippen LogP contribution in [-0.4, -0.2) is 57.8 Å². The van der Waals surface area contributed by atoms with Crippen molar-refractivity contribution in [1.29, 1.82) is 0 Å². The quantitative estimate of drug-likeness (QED) is 0.0750. The second-order valence-electron chi connectivity index (χ2n) is 17.2. The maximum atomic E-state index is 13.7. The third-order valence-electron chi connectivity index (χ3n) is 6.98. The molecule has 0 unspecified atom stereocenters. The molecular weight excluding hydrogens is 776 g/mol. The van der Waals surface area contributed by atoms with Crippen LogP contribution in [0.15, 0.2) is 97.1 Å². The fourth-order valence-electron chi connectivity index (χ4n) is 4.41. The van der Waals surface area contributed by atoms with Crippen molar-refractivity contribution < 1.29 is 67.9 Å². The Kier molecular flexibility index (Phi) is 16.3. The van der Waals surface area contributed by atoms with Crippen molar-refractivity contribution in [1.82, 2.24) is 0 Å². The van der Waals surface area contributed by atoms with Crippen molar-refractivity contribution in [2.24, 2.45) is 0 Å². The normalized spacial score (nSPS) is 11.7. The van der Waals surface area contributed by atoms with Crippen molar-refractivity contribution in [2.75, 3.05) is 0 Å². The zero-order valence-corrected chi connectivity index (χ0v) is 36.0. The highest BCUT2D eigenvalue weighted by Crippen LogP contribution is 2.24. The molecule has 0 N–H and O–H groups in total. The largest absolute Gasteiger partial charge is 0.374 e. The Morgan fingerprint density at radius 3 is 0.833 bits per heavy atom. The van der Waals surface area contributed by atoms with Gasteiger partial charge in [-0.2, -0.15) is 19.6 Å². The standard InChI is InChI=1S/C33H42O13.C13H10O/c1-30(2,3)43-39-26(35)21-15-13-19(17-23(21)28(37)41-45-32(7,8)9)25(34)20-14-16-22(27(36)40-44-31(4,5)6)24(18-20)29(38)42-46-33(10,11)12;14-13(11-7-3-1-4-8-11)12-9-5-2-6-10-12/h13-18H,1-12H3;1-10H. The molecule has 14 heteroatoms. The van der Waals surface area contributed by atoms with Crippen molar-refractivity contribution >= 4 is 35.4 Å². The summed E-state index contributed by atoms with van der Waals surface area (Å²) in [5.74, 6) is -4.86. The van der Waals surface area contributed by atoms with Crippen LogP contribution in [0.5, 0.6) is 0 Å². The van der Waals surface area contributed by atoms with Gasteiger partial charge in [0.05, 0.1) is 22.3 Å². The van der Waals surface area contributed by atoms with Gasteiger partial charge in [-0.3, -0.25) is 29.1 Å². The van der Waals surface area contributed by atoms with Gasteiger partial charge in [-0.1, -0.05) is 72.8 Å². The predicted molar refractivity (Wildman–Crippen MR) is 218 cm³/mol. The van der Waals surface area contributed by atoms with Crippen LogP contribution in [0.1, 0.15) is 156 Å². The Balaban J connectivity index is 0.000000571. The minimum absolute atomic E-state index is 0.0752. The number of ketones is 2. The average Bonchev–Trinajstić information content (AvgIpc) is 3.18. The lowest BCUT2D eigenvalue weighted by molar-refractivity contribution is -0.302. The molecule has 0 amide bonds. The SMILES string of the molecule is CC(C)(C)OOC(=O)c1ccc(C(=O)c2ccc(C(=O)OOC(C)(C)C)c(C(=O)OOC(C)(C)C)c2)cc1C(=O)OOC(C)(C)C.O=C(c1ccccc1)c1ccccc1. The predicted octanol–water partition coefficient (Wildman–Crippen LogP) is 9.38. The molecular formula is C46H52O14. The van der Waals surface area contributed by atoms with Crippen LogP contribution in [-0.2, 0) is 39.1 Å². The summed E-state index contributed by atoms with van der Waals surface area (Å²) in [6, 6.07) is 25.7. The second-order valence-corrected chi connectivity index (χ2v) is 17.2. The molecule has 14 nitrogen and oxygen atoms in total. The molecule has 0 aromatic heterocycles. The van der Waals surface area contributed by atoms with E-state index in [0.717, 1.165) is 23.3 Å².